The van der Waals surface area contributed by atoms with Crippen molar-refractivity contribution in [1.82, 2.24) is 5.10 Å². The lowest BCUT2D eigenvalue weighted by atomic mass is 10.6. The monoisotopic (exact) mass is 281 g/mol. The van der Waals surface area contributed by atoms with Gasteiger partial charge >= 0.3 is 5.03 Å². The van der Waals surface area contributed by atoms with Gasteiger partial charge in [-0.1, -0.05) is 13.8 Å². The lowest BCUT2D eigenvalue weighted by Gasteiger charge is -1.97. The molecule has 0 saturated heterocycles. The first kappa shape index (κ1) is 13.8. The zero-order valence-corrected chi connectivity index (χ0v) is 11.0. The van der Waals surface area contributed by atoms with Crippen molar-refractivity contribution in [1.29, 1.82) is 0 Å². The summed E-state index contributed by atoms with van der Waals surface area (Å²) in [5, 5.41) is 1.21. The maximum absolute atomic E-state index is 11.5. The summed E-state index contributed by atoms with van der Waals surface area (Å²) in [5.41, 5.74) is 0. The van der Waals surface area contributed by atoms with Crippen molar-refractivity contribution in [3.63, 3.8) is 0 Å². The summed E-state index contributed by atoms with van der Waals surface area (Å²) in [4.78, 5) is 11.4. The summed E-state index contributed by atoms with van der Waals surface area (Å²) in [7, 11) is -7.23. The molecule has 1 rings (SSSR count). The van der Waals surface area contributed by atoms with E-state index >= 15 is 0 Å². The normalized spacial score (nSPS) is 12.6. The average Bonchev–Trinajstić information content (AvgIpc) is 2.28. The molecule has 0 aromatic carbocycles. The van der Waals surface area contributed by atoms with E-state index in [-0.39, 0.29) is 21.1 Å². The van der Waals surface area contributed by atoms with Crippen molar-refractivity contribution < 1.29 is 21.4 Å². The predicted octanol–water partition coefficient (Wildman–Crippen LogP) is -0.484. The number of H-pyrrole nitrogens is 1. The van der Waals surface area contributed by atoms with Crippen LogP contribution in [-0.2, 0) is 19.7 Å². The summed E-state index contributed by atoms with van der Waals surface area (Å²) in [6.45, 7) is 2.82. The highest BCUT2D eigenvalue weighted by atomic mass is 32.2. The van der Waals surface area contributed by atoms with E-state index in [1.54, 1.807) is 0 Å². The van der Waals surface area contributed by atoms with Crippen LogP contribution in [0.1, 0.15) is 13.8 Å². The Labute approximate surface area is 98.9 Å². The second-order valence-electron chi connectivity index (χ2n) is 3.25. The molecule has 0 fully saturated rings. The minimum Gasteiger partial charge on any atom is -0.222 e. The third-order valence-electron chi connectivity index (χ3n) is 2.20. The van der Waals surface area contributed by atoms with E-state index < -0.39 is 24.7 Å². The third-order valence-corrected chi connectivity index (χ3v) is 5.56. The zero-order chi connectivity index (χ0) is 13.3. The van der Waals surface area contributed by atoms with Crippen molar-refractivity contribution >= 4 is 19.7 Å². The smallest absolute Gasteiger partial charge is 0.222 e. The molecule has 9 heteroatoms. The van der Waals surface area contributed by atoms with Crippen LogP contribution in [0.15, 0.2) is 22.2 Å². The fraction of sp³-hybridized carbons (Fsp3) is 0.500. The standard InChI is InChI=1S/C8H13N2O5S2/c1-3-16(12,13)7-5-6-8(10(11)9-7)17(14,15)4-2/h5-6H,3-4H2,1-2H3,(H,9,11)/q+1. The molecule has 96 valence electrons. The van der Waals surface area contributed by atoms with Crippen LogP contribution >= 0.6 is 0 Å². The van der Waals surface area contributed by atoms with Crippen LogP contribution in [0, 0.1) is 4.91 Å². The highest BCUT2D eigenvalue weighted by molar-refractivity contribution is 7.91. The predicted molar refractivity (Wildman–Crippen MR) is 59.6 cm³/mol. The quantitative estimate of drug-likeness (QED) is 0.750. The van der Waals surface area contributed by atoms with Gasteiger partial charge in [0.25, 0.3) is 0 Å². The SMILES string of the molecule is CCS(=O)(=O)c1ccc(S(=O)(=O)CC)[n+](=O)[nH]1. The van der Waals surface area contributed by atoms with Gasteiger partial charge in [0.1, 0.15) is 0 Å². The van der Waals surface area contributed by atoms with Gasteiger partial charge in [0.15, 0.2) is 19.4 Å². The van der Waals surface area contributed by atoms with Gasteiger partial charge in [-0.05, 0) is 6.07 Å². The Morgan fingerprint density at radius 2 is 1.59 bits per heavy atom. The van der Waals surface area contributed by atoms with Gasteiger partial charge in [-0.15, -0.1) is 5.10 Å². The van der Waals surface area contributed by atoms with Gasteiger partial charge in [-0.2, -0.15) is 0 Å². The van der Waals surface area contributed by atoms with E-state index in [0.717, 1.165) is 12.1 Å². The van der Waals surface area contributed by atoms with Gasteiger partial charge in [-0.25, -0.2) is 16.8 Å². The number of aromatic nitrogens is 2. The molecule has 1 aromatic heterocycles. The average molecular weight is 281 g/mol. The van der Waals surface area contributed by atoms with Gasteiger partial charge in [0.05, 0.1) is 16.4 Å². The van der Waals surface area contributed by atoms with Crippen LogP contribution < -0.4 is 4.54 Å². The van der Waals surface area contributed by atoms with Crippen molar-refractivity contribution in [3.8, 4) is 0 Å². The van der Waals surface area contributed by atoms with Crippen molar-refractivity contribution in [2.45, 2.75) is 23.9 Å². The van der Waals surface area contributed by atoms with Gasteiger partial charge in [0.2, 0.25) is 9.84 Å². The Morgan fingerprint density at radius 3 is 2.00 bits per heavy atom. The lowest BCUT2D eigenvalue weighted by Crippen LogP contribution is -2.31. The highest BCUT2D eigenvalue weighted by Gasteiger charge is 2.27. The first-order chi connectivity index (χ1) is 7.74. The van der Waals surface area contributed by atoms with Gasteiger partial charge in [0, 0.05) is 6.07 Å². The first-order valence-electron chi connectivity index (χ1n) is 4.86. The molecule has 1 N–H and O–H groups in total. The van der Waals surface area contributed by atoms with Crippen LogP contribution in [0.3, 0.4) is 0 Å². The Hall–Kier alpha value is -1.22. The molecule has 0 saturated carbocycles. The van der Waals surface area contributed by atoms with E-state index in [9.17, 15) is 21.7 Å². The molecule has 0 spiro atoms. The van der Waals surface area contributed by atoms with Gasteiger partial charge in [-0.3, -0.25) is 0 Å². The maximum Gasteiger partial charge on any atom is 0.382 e. The van der Waals surface area contributed by atoms with Crippen LogP contribution in [0.4, 0.5) is 0 Å². The summed E-state index contributed by atoms with van der Waals surface area (Å²) in [6, 6.07) is 2.07. The van der Waals surface area contributed by atoms with E-state index in [4.69, 9.17) is 0 Å². The second kappa shape index (κ2) is 4.57. The minimum absolute atomic E-state index is 0.0403. The van der Waals surface area contributed by atoms with Crippen LogP contribution in [-0.4, -0.2) is 33.4 Å². The molecule has 0 aliphatic heterocycles. The molecule has 0 radical (unpaired) electrons. The molecule has 0 aliphatic carbocycles. The van der Waals surface area contributed by atoms with E-state index in [0.29, 0.717) is 0 Å². The first-order valence-corrected chi connectivity index (χ1v) is 8.16. The van der Waals surface area contributed by atoms with Gasteiger partial charge < -0.3 is 0 Å². The lowest BCUT2D eigenvalue weighted by molar-refractivity contribution is -0.610. The number of hydrogen-bond donors (Lipinski definition) is 1. The Bertz CT molecular complexity index is 672. The molecule has 0 amide bonds. The van der Waals surface area contributed by atoms with Crippen LogP contribution in [0.2, 0.25) is 0 Å². The maximum atomic E-state index is 11.5. The summed E-state index contributed by atoms with van der Waals surface area (Å²) in [6.07, 6.45) is 0. The van der Waals surface area contributed by atoms with Crippen molar-refractivity contribution in [2.24, 2.45) is 0 Å². The van der Waals surface area contributed by atoms with Crippen LogP contribution in [0.5, 0.6) is 0 Å². The summed E-state index contributed by atoms with van der Waals surface area (Å²) >= 11 is 0. The number of hydrogen-bond acceptors (Lipinski definition) is 5. The van der Waals surface area contributed by atoms with Crippen molar-refractivity contribution in [2.75, 3.05) is 11.5 Å². The van der Waals surface area contributed by atoms with Crippen LogP contribution in [0.25, 0.3) is 0 Å². The molecular formula is C8H13N2O5S2+. The largest absolute Gasteiger partial charge is 0.382 e. The van der Waals surface area contributed by atoms with E-state index in [2.05, 4.69) is 0 Å². The molecule has 0 unspecified atom stereocenters. The molecule has 0 aliphatic rings. The Balaban J connectivity index is 3.46. The number of sulfone groups is 2. The third kappa shape index (κ3) is 2.72. The molecule has 0 bridgehead atoms. The number of aromatic amines is 1. The minimum atomic E-state index is -3.67. The highest BCUT2D eigenvalue weighted by Crippen LogP contribution is 2.08. The molecule has 1 heterocycles. The Kier molecular flexibility index (Phi) is 3.72. The van der Waals surface area contributed by atoms with Crippen molar-refractivity contribution in [3.05, 3.63) is 17.0 Å². The molecule has 17 heavy (non-hydrogen) atoms. The molecule has 0 atom stereocenters. The van der Waals surface area contributed by atoms with E-state index in [1.807, 2.05) is 5.10 Å². The molecule has 7 nitrogen and oxygen atoms in total. The number of rotatable bonds is 4. The Morgan fingerprint density at radius 1 is 1.06 bits per heavy atom. The van der Waals surface area contributed by atoms with E-state index in [1.165, 1.54) is 13.8 Å². The summed E-state index contributed by atoms with van der Waals surface area (Å²) in [5.74, 6) is -0.410. The fourth-order valence-corrected chi connectivity index (χ4v) is 2.79. The summed E-state index contributed by atoms with van der Waals surface area (Å²) < 4.78 is 45.8. The topological polar surface area (TPSA) is 107 Å². The molecule has 1 aromatic rings. The zero-order valence-electron chi connectivity index (χ0n) is 9.37. The molecular weight excluding hydrogens is 268 g/mol. The second-order valence-corrected chi connectivity index (χ2v) is 7.72. The number of nitrogens with zero attached hydrogens (tertiary/aromatic N) is 1. The fourth-order valence-electron chi connectivity index (χ4n) is 1.11. The number of nitrogens with one attached hydrogen (secondary N) is 1.